The molecular formula is C29H42N2O6. The number of ether oxygens (including phenoxy) is 4. The number of aliphatic hydroxyl groups is 1. The summed E-state index contributed by atoms with van der Waals surface area (Å²) in [4.78, 5) is 17.8. The van der Waals surface area contributed by atoms with Crippen molar-refractivity contribution in [3.63, 3.8) is 0 Å². The first-order valence-corrected chi connectivity index (χ1v) is 13.1. The summed E-state index contributed by atoms with van der Waals surface area (Å²) in [6.07, 6.45) is 0.846. The first-order chi connectivity index (χ1) is 17.9. The van der Waals surface area contributed by atoms with E-state index in [1.165, 1.54) is 0 Å². The molecular weight excluding hydrogens is 472 g/mol. The second-order valence-electron chi connectivity index (χ2n) is 9.13. The predicted molar refractivity (Wildman–Crippen MR) is 144 cm³/mol. The monoisotopic (exact) mass is 514 g/mol. The fraction of sp³-hybridized carbons (Fsp3) is 0.552. The normalized spacial score (nSPS) is 20.1. The van der Waals surface area contributed by atoms with E-state index in [2.05, 4.69) is 4.90 Å². The third-order valence-corrected chi connectivity index (χ3v) is 6.97. The molecule has 8 nitrogen and oxygen atoms in total. The van der Waals surface area contributed by atoms with Crippen LogP contribution in [-0.4, -0.2) is 75.0 Å². The van der Waals surface area contributed by atoms with Crippen LogP contribution in [0, 0.1) is 0 Å². The van der Waals surface area contributed by atoms with Crippen LogP contribution in [0.4, 0.5) is 0 Å². The number of methoxy groups -OCH3 is 2. The maximum atomic E-state index is 13.8. The highest BCUT2D eigenvalue weighted by atomic mass is 16.5. The molecule has 1 N–H and O–H groups in total. The van der Waals surface area contributed by atoms with E-state index in [9.17, 15) is 9.90 Å². The number of nitrogens with zero attached hydrogens (tertiary/aromatic N) is 2. The molecule has 8 heteroatoms. The van der Waals surface area contributed by atoms with Gasteiger partial charge in [0, 0.05) is 0 Å². The lowest BCUT2D eigenvalue weighted by Crippen LogP contribution is -2.52. The van der Waals surface area contributed by atoms with E-state index in [-0.39, 0.29) is 31.0 Å². The lowest BCUT2D eigenvalue weighted by atomic mass is 9.83. The molecule has 3 atom stereocenters. The average Bonchev–Trinajstić information content (AvgIpc) is 3.01. The minimum atomic E-state index is -0.480. The van der Waals surface area contributed by atoms with Gasteiger partial charge in [-0.2, -0.15) is 0 Å². The zero-order valence-electron chi connectivity index (χ0n) is 23.5. The second-order valence-corrected chi connectivity index (χ2v) is 9.13. The topological polar surface area (TPSA) is 80.7 Å². The number of likely N-dealkylation sites (N-methyl/N-ethyl adjacent to an activating group) is 1. The molecule has 2 aromatic rings. The largest absolute Gasteiger partial charge is 0.493 e. The van der Waals surface area contributed by atoms with Gasteiger partial charge in [0.2, 0.25) is 5.91 Å². The van der Waals surface area contributed by atoms with Crippen LogP contribution < -0.4 is 18.9 Å². The molecule has 0 spiro atoms. The molecule has 0 saturated carbocycles. The summed E-state index contributed by atoms with van der Waals surface area (Å²) in [5, 5.41) is 10.6. The Bertz CT molecular complexity index is 1090. The van der Waals surface area contributed by atoms with Gasteiger partial charge in [-0.05, 0) is 80.9 Å². The zero-order chi connectivity index (χ0) is 27.3. The fourth-order valence-electron chi connectivity index (χ4n) is 5.60. The molecule has 1 amide bonds. The maximum absolute atomic E-state index is 13.8. The molecule has 0 fully saturated rings. The Morgan fingerprint density at radius 2 is 1.43 bits per heavy atom. The van der Waals surface area contributed by atoms with E-state index < -0.39 is 6.04 Å². The maximum Gasteiger partial charge on any atom is 0.227 e. The number of rotatable bonds is 8. The molecule has 2 aliphatic rings. The second kappa shape index (κ2) is 12.5. The van der Waals surface area contributed by atoms with Crippen molar-refractivity contribution >= 4 is 5.91 Å². The molecule has 2 aromatic carbocycles. The van der Waals surface area contributed by atoms with Crippen LogP contribution in [0.1, 0.15) is 62.0 Å². The molecule has 0 aromatic heterocycles. The summed E-state index contributed by atoms with van der Waals surface area (Å²) >= 11 is 0. The summed E-state index contributed by atoms with van der Waals surface area (Å²) < 4.78 is 22.9. The number of fused-ring (bicyclic) bond motifs is 3. The number of hydrogen-bond acceptors (Lipinski definition) is 7. The molecule has 4 rings (SSSR count). The SMILES string of the molecule is CC.CCOc1cc2c(cc1OCC)C(CO)N1C(=O)Cc3cc(OC)c(OC)cc3[C@@H](N(C)C)C1C2. The van der Waals surface area contributed by atoms with Crippen LogP contribution in [0.15, 0.2) is 24.3 Å². The van der Waals surface area contributed by atoms with E-state index >= 15 is 0 Å². The van der Waals surface area contributed by atoms with Crippen LogP contribution in [0.25, 0.3) is 0 Å². The Morgan fingerprint density at radius 1 is 0.892 bits per heavy atom. The smallest absolute Gasteiger partial charge is 0.227 e. The van der Waals surface area contributed by atoms with Crippen LogP contribution in [0.5, 0.6) is 23.0 Å². The quantitative estimate of drug-likeness (QED) is 0.566. The standard InChI is InChI=1S/C27H36N2O6.C2H6/c1-7-34-24-11-16-9-20-27(28(3)4)19-14-23(33-6)22(32-5)10-17(19)12-26(31)29(20)21(15-30)18(16)13-25(24)35-8-2;1-2/h10-11,13-14,20-21,27,30H,7-9,12,15H2,1-6H3;1-2H3/t20?,21?,27-;/m1./s1. The van der Waals surface area contributed by atoms with E-state index in [1.54, 1.807) is 14.2 Å². The molecule has 204 valence electrons. The highest BCUT2D eigenvalue weighted by Gasteiger charge is 2.45. The van der Waals surface area contributed by atoms with E-state index in [4.69, 9.17) is 18.9 Å². The lowest BCUT2D eigenvalue weighted by Gasteiger charge is -2.46. The predicted octanol–water partition coefficient (Wildman–Crippen LogP) is 4.17. The molecule has 37 heavy (non-hydrogen) atoms. The summed E-state index contributed by atoms with van der Waals surface area (Å²) in [6.45, 7) is 8.70. The van der Waals surface area contributed by atoms with Crippen molar-refractivity contribution in [1.82, 2.24) is 9.80 Å². The molecule has 0 radical (unpaired) electrons. The molecule has 2 aliphatic heterocycles. The lowest BCUT2D eigenvalue weighted by molar-refractivity contribution is -0.139. The summed E-state index contributed by atoms with van der Waals surface area (Å²) in [5.74, 6) is 2.53. The Labute approximate surface area is 221 Å². The van der Waals surface area contributed by atoms with Gasteiger partial charge in [-0.1, -0.05) is 13.8 Å². The van der Waals surface area contributed by atoms with Crippen LogP contribution in [-0.2, 0) is 17.6 Å². The number of carbonyl (C=O) groups is 1. The highest BCUT2D eigenvalue weighted by molar-refractivity contribution is 5.82. The van der Waals surface area contributed by atoms with Crippen molar-refractivity contribution in [3.05, 3.63) is 46.5 Å². The first-order valence-electron chi connectivity index (χ1n) is 13.1. The van der Waals surface area contributed by atoms with Crippen LogP contribution in [0.3, 0.4) is 0 Å². The fourth-order valence-corrected chi connectivity index (χ4v) is 5.60. The van der Waals surface area contributed by atoms with Gasteiger partial charge < -0.3 is 33.9 Å². The van der Waals surface area contributed by atoms with E-state index in [0.29, 0.717) is 42.6 Å². The molecule has 0 aliphatic carbocycles. The first kappa shape index (κ1) is 28.6. The van der Waals surface area contributed by atoms with Crippen LogP contribution >= 0.6 is 0 Å². The Hall–Kier alpha value is -2.97. The van der Waals surface area contributed by atoms with E-state index in [0.717, 1.165) is 22.3 Å². The van der Waals surface area contributed by atoms with Gasteiger partial charge in [-0.25, -0.2) is 0 Å². The average molecular weight is 515 g/mol. The van der Waals surface area contributed by atoms with Gasteiger partial charge in [0.05, 0.1) is 58.6 Å². The number of benzene rings is 2. The number of hydrogen-bond donors (Lipinski definition) is 1. The zero-order valence-corrected chi connectivity index (χ0v) is 23.5. The number of aliphatic hydroxyl groups excluding tert-OH is 1. The third-order valence-electron chi connectivity index (χ3n) is 6.97. The van der Waals surface area contributed by atoms with Crippen molar-refractivity contribution in [1.29, 1.82) is 0 Å². The highest BCUT2D eigenvalue weighted by Crippen LogP contribution is 2.47. The Kier molecular flexibility index (Phi) is 9.68. The van der Waals surface area contributed by atoms with E-state index in [1.807, 2.05) is 71.0 Å². The van der Waals surface area contributed by atoms with Crippen molar-refractivity contribution in [2.24, 2.45) is 0 Å². The van der Waals surface area contributed by atoms with Gasteiger partial charge in [-0.3, -0.25) is 4.79 Å². The van der Waals surface area contributed by atoms with Crippen molar-refractivity contribution in [3.8, 4) is 23.0 Å². The van der Waals surface area contributed by atoms with Gasteiger partial charge in [-0.15, -0.1) is 0 Å². The van der Waals surface area contributed by atoms with Crippen LogP contribution in [0.2, 0.25) is 0 Å². The molecule has 0 saturated heterocycles. The summed E-state index contributed by atoms with van der Waals surface area (Å²) in [5.41, 5.74) is 3.90. The summed E-state index contributed by atoms with van der Waals surface area (Å²) in [7, 11) is 7.26. The van der Waals surface area contributed by atoms with Crippen molar-refractivity contribution < 1.29 is 28.8 Å². The van der Waals surface area contributed by atoms with Gasteiger partial charge in [0.15, 0.2) is 23.0 Å². The molecule has 0 bridgehead atoms. The third kappa shape index (κ3) is 5.36. The molecule has 2 unspecified atom stereocenters. The van der Waals surface area contributed by atoms with Gasteiger partial charge in [0.25, 0.3) is 0 Å². The minimum Gasteiger partial charge on any atom is -0.493 e. The Morgan fingerprint density at radius 3 is 1.97 bits per heavy atom. The van der Waals surface area contributed by atoms with Crippen molar-refractivity contribution in [2.45, 2.75) is 58.7 Å². The van der Waals surface area contributed by atoms with Gasteiger partial charge >= 0.3 is 0 Å². The number of carbonyl (C=O) groups excluding carboxylic acids is 1. The van der Waals surface area contributed by atoms with Gasteiger partial charge in [0.1, 0.15) is 0 Å². The summed E-state index contributed by atoms with van der Waals surface area (Å²) in [6, 6.07) is 7.07. The number of amides is 1. The molecule has 2 heterocycles. The minimum absolute atomic E-state index is 0.0237. The Balaban J connectivity index is 0.00000186. The van der Waals surface area contributed by atoms with Crippen molar-refractivity contribution in [2.75, 3.05) is 48.1 Å².